The van der Waals surface area contributed by atoms with Crippen LogP contribution in [0.5, 0.6) is 5.75 Å². The van der Waals surface area contributed by atoms with E-state index < -0.39 is 5.97 Å². The van der Waals surface area contributed by atoms with Crippen LogP contribution in [0.4, 0.5) is 5.69 Å². The van der Waals surface area contributed by atoms with Crippen molar-refractivity contribution in [2.75, 3.05) is 19.0 Å². The number of hydrogen-bond acceptors (Lipinski definition) is 4. The molecule has 1 saturated carbocycles. The van der Waals surface area contributed by atoms with Gasteiger partial charge in [0, 0.05) is 11.3 Å². The van der Waals surface area contributed by atoms with Crippen molar-refractivity contribution in [3.63, 3.8) is 0 Å². The molecule has 1 fully saturated rings. The second-order valence-electron chi connectivity index (χ2n) is 6.40. The highest BCUT2D eigenvalue weighted by Crippen LogP contribution is 2.36. The first-order chi connectivity index (χ1) is 13.0. The third-order valence-corrected chi connectivity index (χ3v) is 5.07. The number of methoxy groups -OCH3 is 1. The van der Waals surface area contributed by atoms with E-state index in [1.807, 2.05) is 0 Å². The lowest BCUT2D eigenvalue weighted by Crippen LogP contribution is -2.19. The van der Waals surface area contributed by atoms with Crippen molar-refractivity contribution in [2.45, 2.75) is 19.3 Å². The van der Waals surface area contributed by atoms with Crippen LogP contribution in [0.3, 0.4) is 0 Å². The van der Waals surface area contributed by atoms with Gasteiger partial charge in [-0.05, 0) is 55.2 Å². The lowest BCUT2D eigenvalue weighted by atomic mass is 9.86. The second kappa shape index (κ2) is 8.63. The summed E-state index contributed by atoms with van der Waals surface area (Å²) >= 11 is 12.5. The summed E-state index contributed by atoms with van der Waals surface area (Å²) in [6.45, 7) is 0.581. The number of carbonyl (C=O) groups is 2. The van der Waals surface area contributed by atoms with Crippen LogP contribution in [0.15, 0.2) is 36.4 Å². The molecule has 1 N–H and O–H groups in total. The van der Waals surface area contributed by atoms with E-state index in [-0.39, 0.29) is 5.91 Å². The number of halogens is 2. The fourth-order valence-electron chi connectivity index (χ4n) is 2.70. The van der Waals surface area contributed by atoms with Crippen LogP contribution in [0.1, 0.15) is 40.0 Å². The van der Waals surface area contributed by atoms with E-state index in [4.69, 9.17) is 27.9 Å². The summed E-state index contributed by atoms with van der Waals surface area (Å²) in [5.74, 6) is 0.149. The lowest BCUT2D eigenvalue weighted by Gasteiger charge is -2.25. The Balaban J connectivity index is 1.68. The SMILES string of the molecule is COC(=O)c1ccc(NC(=O)c2cc(Cl)c(OCC3CCC3)c(Cl)c2)cc1. The number of esters is 1. The second-order valence-corrected chi connectivity index (χ2v) is 7.21. The zero-order chi connectivity index (χ0) is 19.4. The standard InChI is InChI=1S/C20H19Cl2NO4/c1-26-20(25)13-5-7-15(8-6-13)23-19(24)14-9-16(21)18(17(22)10-14)27-11-12-3-2-4-12/h5-10,12H,2-4,11H2,1H3,(H,23,24). The minimum absolute atomic E-state index is 0.299. The molecule has 0 aliphatic heterocycles. The van der Waals surface area contributed by atoms with Crippen molar-refractivity contribution in [1.82, 2.24) is 0 Å². The Hall–Kier alpha value is -2.24. The van der Waals surface area contributed by atoms with Crippen LogP contribution in [0, 0.1) is 5.92 Å². The zero-order valence-electron chi connectivity index (χ0n) is 14.8. The van der Waals surface area contributed by atoms with Crippen molar-refractivity contribution in [3.8, 4) is 5.75 Å². The van der Waals surface area contributed by atoms with Crippen LogP contribution in [-0.2, 0) is 4.74 Å². The average Bonchev–Trinajstić information content (AvgIpc) is 2.62. The Morgan fingerprint density at radius 3 is 2.22 bits per heavy atom. The van der Waals surface area contributed by atoms with Gasteiger partial charge in [-0.2, -0.15) is 0 Å². The van der Waals surface area contributed by atoms with Crippen molar-refractivity contribution in [2.24, 2.45) is 5.92 Å². The highest BCUT2D eigenvalue weighted by atomic mass is 35.5. The summed E-state index contributed by atoms with van der Waals surface area (Å²) in [4.78, 5) is 23.9. The molecule has 1 aliphatic carbocycles. The number of nitrogens with one attached hydrogen (secondary N) is 1. The molecule has 3 rings (SSSR count). The van der Waals surface area contributed by atoms with Crippen LogP contribution in [0.2, 0.25) is 10.0 Å². The molecule has 2 aromatic carbocycles. The van der Waals surface area contributed by atoms with E-state index >= 15 is 0 Å². The van der Waals surface area contributed by atoms with E-state index in [9.17, 15) is 9.59 Å². The van der Waals surface area contributed by atoms with Gasteiger partial charge in [0.15, 0.2) is 5.75 Å². The maximum absolute atomic E-state index is 12.5. The van der Waals surface area contributed by atoms with Gasteiger partial charge in [-0.25, -0.2) is 4.79 Å². The van der Waals surface area contributed by atoms with E-state index in [1.54, 1.807) is 24.3 Å². The largest absolute Gasteiger partial charge is 0.490 e. The van der Waals surface area contributed by atoms with Crippen molar-refractivity contribution in [1.29, 1.82) is 0 Å². The molecule has 0 bridgehead atoms. The highest BCUT2D eigenvalue weighted by Gasteiger charge is 2.20. The molecule has 5 nitrogen and oxygen atoms in total. The van der Waals surface area contributed by atoms with Crippen LogP contribution in [0.25, 0.3) is 0 Å². The molecule has 0 saturated heterocycles. The first-order valence-electron chi connectivity index (χ1n) is 8.59. The molecule has 1 aliphatic rings. The summed E-state index contributed by atoms with van der Waals surface area (Å²) in [6, 6.07) is 9.42. The number of anilines is 1. The molecular formula is C20H19Cl2NO4. The number of rotatable bonds is 6. The third-order valence-electron chi connectivity index (χ3n) is 4.51. The molecule has 0 spiro atoms. The van der Waals surface area contributed by atoms with Gasteiger partial charge in [0.2, 0.25) is 0 Å². The molecule has 0 atom stereocenters. The van der Waals surface area contributed by atoms with Gasteiger partial charge in [-0.1, -0.05) is 29.6 Å². The van der Waals surface area contributed by atoms with Gasteiger partial charge in [-0.15, -0.1) is 0 Å². The quantitative estimate of drug-likeness (QED) is 0.667. The maximum atomic E-state index is 12.5. The zero-order valence-corrected chi connectivity index (χ0v) is 16.3. The van der Waals surface area contributed by atoms with Gasteiger partial charge in [0.05, 0.1) is 29.3 Å². The normalized spacial score (nSPS) is 13.6. The molecule has 0 heterocycles. The van der Waals surface area contributed by atoms with Crippen molar-refractivity contribution >= 4 is 40.8 Å². The van der Waals surface area contributed by atoms with E-state index in [0.29, 0.717) is 45.1 Å². The van der Waals surface area contributed by atoms with E-state index in [0.717, 1.165) is 12.8 Å². The molecule has 7 heteroatoms. The lowest BCUT2D eigenvalue weighted by molar-refractivity contribution is 0.0600. The maximum Gasteiger partial charge on any atom is 0.337 e. The van der Waals surface area contributed by atoms with Gasteiger partial charge in [0.25, 0.3) is 5.91 Å². The fraction of sp³-hybridized carbons (Fsp3) is 0.300. The highest BCUT2D eigenvalue weighted by molar-refractivity contribution is 6.37. The Labute approximate surface area is 167 Å². The number of hydrogen-bond donors (Lipinski definition) is 1. The molecule has 2 aromatic rings. The molecular weight excluding hydrogens is 389 g/mol. The first-order valence-corrected chi connectivity index (χ1v) is 9.35. The molecule has 142 valence electrons. The summed E-state index contributed by atoms with van der Waals surface area (Å²) in [5, 5.41) is 3.33. The fourth-order valence-corrected chi connectivity index (χ4v) is 3.30. The Morgan fingerprint density at radius 1 is 1.07 bits per heavy atom. The number of benzene rings is 2. The number of amides is 1. The van der Waals surface area contributed by atoms with Gasteiger partial charge < -0.3 is 14.8 Å². The van der Waals surface area contributed by atoms with Crippen LogP contribution in [-0.4, -0.2) is 25.6 Å². The third kappa shape index (κ3) is 4.73. The number of ether oxygens (including phenoxy) is 2. The van der Waals surface area contributed by atoms with E-state index in [2.05, 4.69) is 10.1 Å². The summed E-state index contributed by atoms with van der Waals surface area (Å²) in [5.41, 5.74) is 1.25. The van der Waals surface area contributed by atoms with Gasteiger partial charge >= 0.3 is 5.97 Å². The van der Waals surface area contributed by atoms with Crippen LogP contribution < -0.4 is 10.1 Å². The van der Waals surface area contributed by atoms with E-state index in [1.165, 1.54) is 25.7 Å². The predicted octanol–water partition coefficient (Wildman–Crippen LogP) is 5.21. The molecule has 1 amide bonds. The van der Waals surface area contributed by atoms with Crippen LogP contribution >= 0.6 is 23.2 Å². The Kier molecular flexibility index (Phi) is 6.24. The molecule has 27 heavy (non-hydrogen) atoms. The molecule has 0 radical (unpaired) electrons. The topological polar surface area (TPSA) is 64.6 Å². The number of carbonyl (C=O) groups excluding carboxylic acids is 2. The summed E-state index contributed by atoms with van der Waals surface area (Å²) < 4.78 is 10.4. The minimum atomic E-state index is -0.441. The van der Waals surface area contributed by atoms with Crippen molar-refractivity contribution < 1.29 is 19.1 Å². The Bertz CT molecular complexity index is 825. The minimum Gasteiger partial charge on any atom is -0.490 e. The van der Waals surface area contributed by atoms with Crippen molar-refractivity contribution in [3.05, 3.63) is 57.6 Å². The summed E-state index contributed by atoms with van der Waals surface area (Å²) in [7, 11) is 1.31. The Morgan fingerprint density at radius 2 is 1.70 bits per heavy atom. The molecule has 0 aromatic heterocycles. The van der Waals surface area contributed by atoms with Gasteiger partial charge in [-0.3, -0.25) is 4.79 Å². The first kappa shape index (κ1) is 19.5. The molecule has 0 unspecified atom stereocenters. The average molecular weight is 408 g/mol. The monoisotopic (exact) mass is 407 g/mol. The summed E-state index contributed by atoms with van der Waals surface area (Å²) in [6.07, 6.45) is 3.55. The smallest absolute Gasteiger partial charge is 0.337 e. The van der Waals surface area contributed by atoms with Gasteiger partial charge in [0.1, 0.15) is 0 Å². The predicted molar refractivity (Wildman–Crippen MR) is 105 cm³/mol.